The molecule has 1 rings (SSSR count). The molecule has 96 valence electrons. The summed E-state index contributed by atoms with van der Waals surface area (Å²) in [7, 11) is 1.79. The molecule has 17 heavy (non-hydrogen) atoms. The van der Waals surface area contributed by atoms with Crippen molar-refractivity contribution in [3.8, 4) is 0 Å². The first-order valence-electron chi connectivity index (χ1n) is 5.44. The lowest BCUT2D eigenvalue weighted by Crippen LogP contribution is -2.39. The summed E-state index contributed by atoms with van der Waals surface area (Å²) in [6, 6.07) is 4.01. The van der Waals surface area contributed by atoms with E-state index in [0.29, 0.717) is 0 Å². The zero-order chi connectivity index (χ0) is 12.5. The summed E-state index contributed by atoms with van der Waals surface area (Å²) in [5.74, 6) is 1.95. The van der Waals surface area contributed by atoms with Crippen LogP contribution < -0.4 is 10.6 Å². The Morgan fingerprint density at radius 3 is 2.76 bits per heavy atom. The van der Waals surface area contributed by atoms with Crippen molar-refractivity contribution < 1.29 is 0 Å². The minimum atomic E-state index is 0.850. The van der Waals surface area contributed by atoms with E-state index < -0.39 is 0 Å². The smallest absolute Gasteiger partial charge is 0.191 e. The second-order valence-electron chi connectivity index (χ2n) is 3.37. The molecular weight excluding hydrogens is 274 g/mol. The summed E-state index contributed by atoms with van der Waals surface area (Å²) < 4.78 is 0.850. The van der Waals surface area contributed by atoms with Crippen molar-refractivity contribution in [2.45, 2.75) is 6.42 Å². The highest BCUT2D eigenvalue weighted by molar-refractivity contribution is 7.98. The number of halogens is 1. The Hall–Kier alpha value is -0.390. The minimum absolute atomic E-state index is 0.850. The van der Waals surface area contributed by atoms with Crippen LogP contribution in [0.1, 0.15) is 4.88 Å². The molecule has 2 N–H and O–H groups in total. The van der Waals surface area contributed by atoms with Gasteiger partial charge in [0.1, 0.15) is 0 Å². The number of rotatable bonds is 6. The van der Waals surface area contributed by atoms with Crippen LogP contribution in [0.3, 0.4) is 0 Å². The first-order valence-corrected chi connectivity index (χ1v) is 8.02. The molecule has 1 heterocycles. The van der Waals surface area contributed by atoms with Crippen LogP contribution >= 0.6 is 34.7 Å². The summed E-state index contributed by atoms with van der Waals surface area (Å²) in [6.07, 6.45) is 3.07. The monoisotopic (exact) mass is 291 g/mol. The summed E-state index contributed by atoms with van der Waals surface area (Å²) in [4.78, 5) is 5.45. The fourth-order valence-corrected chi connectivity index (χ4v) is 2.68. The van der Waals surface area contributed by atoms with E-state index in [0.717, 1.165) is 35.6 Å². The Morgan fingerprint density at radius 2 is 2.18 bits per heavy atom. The molecule has 0 atom stereocenters. The molecule has 0 aliphatic rings. The lowest BCUT2D eigenvalue weighted by Gasteiger charge is -2.10. The second kappa shape index (κ2) is 8.66. The van der Waals surface area contributed by atoms with Gasteiger partial charge in [-0.05, 0) is 24.8 Å². The van der Waals surface area contributed by atoms with E-state index in [1.165, 1.54) is 4.88 Å². The molecule has 0 aliphatic heterocycles. The van der Waals surface area contributed by atoms with Gasteiger partial charge in [0.05, 0.1) is 4.34 Å². The van der Waals surface area contributed by atoms with Crippen molar-refractivity contribution in [2.24, 2.45) is 4.99 Å². The van der Waals surface area contributed by atoms with Crippen LogP contribution in [-0.4, -0.2) is 38.1 Å². The van der Waals surface area contributed by atoms with Crippen LogP contribution in [-0.2, 0) is 6.42 Å². The third-order valence-electron chi connectivity index (χ3n) is 2.11. The van der Waals surface area contributed by atoms with Gasteiger partial charge in [0, 0.05) is 30.8 Å². The molecule has 0 aromatic carbocycles. The second-order valence-corrected chi connectivity index (χ2v) is 6.16. The number of thiophene rings is 1. The van der Waals surface area contributed by atoms with Crippen LogP contribution in [0.4, 0.5) is 0 Å². The zero-order valence-corrected chi connectivity index (χ0v) is 12.5. The van der Waals surface area contributed by atoms with Crippen molar-refractivity contribution in [2.75, 3.05) is 32.1 Å². The molecule has 0 radical (unpaired) electrons. The number of thioether (sulfide) groups is 1. The molecule has 0 fully saturated rings. The molecule has 0 bridgehead atoms. The Balaban J connectivity index is 2.19. The summed E-state index contributed by atoms with van der Waals surface area (Å²) in [6.45, 7) is 1.81. The van der Waals surface area contributed by atoms with Gasteiger partial charge >= 0.3 is 0 Å². The maximum Gasteiger partial charge on any atom is 0.191 e. The average Bonchev–Trinajstić information content (AvgIpc) is 2.73. The SMILES string of the molecule is CN=C(NCCSC)NCCc1ccc(Cl)s1. The molecule has 0 unspecified atom stereocenters. The maximum absolute atomic E-state index is 5.87. The van der Waals surface area contributed by atoms with E-state index in [-0.39, 0.29) is 0 Å². The number of nitrogens with zero attached hydrogens (tertiary/aromatic N) is 1. The normalized spacial score (nSPS) is 11.6. The maximum atomic E-state index is 5.87. The topological polar surface area (TPSA) is 36.4 Å². The largest absolute Gasteiger partial charge is 0.356 e. The summed E-state index contributed by atoms with van der Waals surface area (Å²) in [5, 5.41) is 6.54. The summed E-state index contributed by atoms with van der Waals surface area (Å²) in [5.41, 5.74) is 0. The van der Waals surface area contributed by atoms with Gasteiger partial charge in [0.25, 0.3) is 0 Å². The molecule has 6 heteroatoms. The van der Waals surface area contributed by atoms with E-state index in [1.807, 2.05) is 17.8 Å². The van der Waals surface area contributed by atoms with Gasteiger partial charge in [-0.1, -0.05) is 11.6 Å². The minimum Gasteiger partial charge on any atom is -0.356 e. The summed E-state index contributed by atoms with van der Waals surface area (Å²) >= 11 is 9.32. The van der Waals surface area contributed by atoms with Crippen molar-refractivity contribution in [3.63, 3.8) is 0 Å². The molecular formula is C11H18ClN3S2. The van der Waals surface area contributed by atoms with E-state index >= 15 is 0 Å². The number of aliphatic imine (C=N–C) groups is 1. The zero-order valence-electron chi connectivity index (χ0n) is 10.1. The van der Waals surface area contributed by atoms with Crippen LogP contribution in [0.25, 0.3) is 0 Å². The van der Waals surface area contributed by atoms with E-state index in [2.05, 4.69) is 27.9 Å². The third-order valence-corrected chi connectivity index (χ3v) is 4.02. The molecule has 0 saturated carbocycles. The number of guanidine groups is 1. The standard InChI is InChI=1S/C11H18ClN3S2/c1-13-11(15-7-8-16-2)14-6-5-9-3-4-10(12)17-9/h3-4H,5-8H2,1-2H3,(H2,13,14,15). The number of nitrogens with one attached hydrogen (secondary N) is 2. The first kappa shape index (κ1) is 14.7. The molecule has 0 aliphatic carbocycles. The Labute approximate surface area is 116 Å². The van der Waals surface area contributed by atoms with E-state index in [1.54, 1.807) is 18.4 Å². The molecule has 0 saturated heterocycles. The predicted molar refractivity (Wildman–Crippen MR) is 80.8 cm³/mol. The Morgan fingerprint density at radius 1 is 1.41 bits per heavy atom. The highest BCUT2D eigenvalue weighted by Gasteiger charge is 1.99. The molecule has 0 amide bonds. The lowest BCUT2D eigenvalue weighted by atomic mass is 10.3. The van der Waals surface area contributed by atoms with Crippen LogP contribution in [0.2, 0.25) is 4.34 Å². The molecule has 0 spiro atoms. The fraction of sp³-hybridized carbons (Fsp3) is 0.545. The van der Waals surface area contributed by atoms with Crippen molar-refractivity contribution in [1.29, 1.82) is 0 Å². The molecule has 1 aromatic heterocycles. The van der Waals surface area contributed by atoms with Crippen molar-refractivity contribution in [3.05, 3.63) is 21.3 Å². The van der Waals surface area contributed by atoms with Gasteiger partial charge in [-0.25, -0.2) is 0 Å². The predicted octanol–water partition coefficient (Wildman–Crippen LogP) is 2.47. The lowest BCUT2D eigenvalue weighted by molar-refractivity contribution is 0.818. The van der Waals surface area contributed by atoms with Crippen molar-refractivity contribution >= 4 is 40.7 Å². The van der Waals surface area contributed by atoms with Gasteiger partial charge in [0.2, 0.25) is 0 Å². The quantitative estimate of drug-likeness (QED) is 0.480. The van der Waals surface area contributed by atoms with Gasteiger partial charge in [-0.3, -0.25) is 4.99 Å². The van der Waals surface area contributed by atoms with Crippen LogP contribution in [0.15, 0.2) is 17.1 Å². The Kier molecular flexibility index (Phi) is 7.48. The van der Waals surface area contributed by atoms with Crippen molar-refractivity contribution in [1.82, 2.24) is 10.6 Å². The highest BCUT2D eigenvalue weighted by Crippen LogP contribution is 2.21. The van der Waals surface area contributed by atoms with Gasteiger partial charge in [-0.2, -0.15) is 11.8 Å². The average molecular weight is 292 g/mol. The number of hydrogen-bond donors (Lipinski definition) is 2. The van der Waals surface area contributed by atoms with Gasteiger partial charge in [0.15, 0.2) is 5.96 Å². The van der Waals surface area contributed by atoms with E-state index in [9.17, 15) is 0 Å². The van der Waals surface area contributed by atoms with Crippen LogP contribution in [0, 0.1) is 0 Å². The van der Waals surface area contributed by atoms with Gasteiger partial charge in [-0.15, -0.1) is 11.3 Å². The van der Waals surface area contributed by atoms with Gasteiger partial charge < -0.3 is 10.6 Å². The number of hydrogen-bond acceptors (Lipinski definition) is 3. The van der Waals surface area contributed by atoms with Crippen LogP contribution in [0.5, 0.6) is 0 Å². The highest BCUT2D eigenvalue weighted by atomic mass is 35.5. The van der Waals surface area contributed by atoms with E-state index in [4.69, 9.17) is 11.6 Å². The fourth-order valence-electron chi connectivity index (χ4n) is 1.28. The first-order chi connectivity index (χ1) is 8.26. The third kappa shape index (κ3) is 6.19. The molecule has 1 aromatic rings. The molecule has 3 nitrogen and oxygen atoms in total. The Bertz CT molecular complexity index is 352.